The Morgan fingerprint density at radius 2 is 1.80 bits per heavy atom. The van der Waals surface area contributed by atoms with E-state index in [9.17, 15) is 0 Å². The van der Waals surface area contributed by atoms with Crippen molar-refractivity contribution in [1.82, 2.24) is 15.2 Å². The van der Waals surface area contributed by atoms with Crippen molar-refractivity contribution < 1.29 is 0 Å². The molecular weight excluding hydrogens is 312 g/mol. The van der Waals surface area contributed by atoms with Crippen molar-refractivity contribution in [3.05, 3.63) is 30.5 Å². The van der Waals surface area contributed by atoms with E-state index in [-0.39, 0.29) is 0 Å². The highest BCUT2D eigenvalue weighted by Crippen LogP contribution is 2.23. The highest BCUT2D eigenvalue weighted by molar-refractivity contribution is 5.60. The molecule has 0 spiro atoms. The van der Waals surface area contributed by atoms with Gasteiger partial charge >= 0.3 is 0 Å². The normalized spacial score (nSPS) is 15.2. The molecule has 6 heteroatoms. The highest BCUT2D eigenvalue weighted by Gasteiger charge is 2.18. The zero-order valence-electron chi connectivity index (χ0n) is 15.4. The second-order valence-electron chi connectivity index (χ2n) is 6.66. The van der Waals surface area contributed by atoms with E-state index in [4.69, 9.17) is 0 Å². The van der Waals surface area contributed by atoms with Crippen LogP contribution in [0, 0.1) is 5.92 Å². The van der Waals surface area contributed by atoms with Crippen molar-refractivity contribution in [2.24, 2.45) is 5.92 Å². The Hall–Kier alpha value is -2.37. The van der Waals surface area contributed by atoms with Crippen LogP contribution in [0.3, 0.4) is 0 Å². The van der Waals surface area contributed by atoms with Crippen LogP contribution in [0.5, 0.6) is 0 Å². The maximum Gasteiger partial charge on any atom is 0.247 e. The van der Waals surface area contributed by atoms with Gasteiger partial charge in [-0.25, -0.2) is 0 Å². The number of hydrogen-bond donors (Lipinski definition) is 1. The first kappa shape index (κ1) is 17.5. The predicted octanol–water partition coefficient (Wildman–Crippen LogP) is 3.70. The molecule has 2 aromatic rings. The van der Waals surface area contributed by atoms with Gasteiger partial charge in [-0.05, 0) is 56.9 Å². The van der Waals surface area contributed by atoms with Crippen LogP contribution >= 0.6 is 0 Å². The number of benzene rings is 1. The van der Waals surface area contributed by atoms with Crippen LogP contribution in [-0.4, -0.2) is 41.4 Å². The van der Waals surface area contributed by atoms with Gasteiger partial charge in [-0.3, -0.25) is 0 Å². The molecule has 2 heterocycles. The Morgan fingerprint density at radius 3 is 2.44 bits per heavy atom. The van der Waals surface area contributed by atoms with Crippen LogP contribution < -0.4 is 15.1 Å². The summed E-state index contributed by atoms with van der Waals surface area (Å²) in [7, 11) is 0. The molecule has 1 aromatic heterocycles. The van der Waals surface area contributed by atoms with Crippen molar-refractivity contribution >= 4 is 23.1 Å². The van der Waals surface area contributed by atoms with Gasteiger partial charge in [0.2, 0.25) is 5.95 Å². The molecule has 6 nitrogen and oxygen atoms in total. The van der Waals surface area contributed by atoms with E-state index in [1.54, 1.807) is 6.20 Å². The summed E-state index contributed by atoms with van der Waals surface area (Å²) >= 11 is 0. The van der Waals surface area contributed by atoms with Crippen LogP contribution in [0.25, 0.3) is 0 Å². The fraction of sp³-hybridized carbons (Fsp3) is 0.526. The predicted molar refractivity (Wildman–Crippen MR) is 104 cm³/mol. The molecule has 1 fully saturated rings. The molecule has 3 rings (SSSR count). The van der Waals surface area contributed by atoms with E-state index in [0.29, 0.717) is 0 Å². The standard InChI is InChI=1S/C19H28N6/c1-4-24(5-2)17-8-6-16(7-9-17)21-18-14-20-23-19(22-18)25-12-10-15(3)11-13-25/h6-9,14-15H,4-5,10-13H2,1-3H3,(H,21,22,23). The molecule has 0 saturated carbocycles. The number of aromatic nitrogens is 3. The van der Waals surface area contributed by atoms with Gasteiger partial charge in [-0.1, -0.05) is 6.92 Å². The van der Waals surface area contributed by atoms with Gasteiger partial charge in [-0.15, -0.1) is 5.10 Å². The average Bonchev–Trinajstić information content (AvgIpc) is 2.65. The van der Waals surface area contributed by atoms with E-state index in [2.05, 4.69) is 75.3 Å². The lowest BCUT2D eigenvalue weighted by Crippen LogP contribution is -2.34. The van der Waals surface area contributed by atoms with Gasteiger partial charge in [0.1, 0.15) is 0 Å². The molecule has 0 unspecified atom stereocenters. The SMILES string of the molecule is CCN(CC)c1ccc(Nc2cnnc(N3CCC(C)CC3)n2)cc1. The van der Waals surface area contributed by atoms with Crippen LogP contribution in [0.15, 0.2) is 30.5 Å². The molecular formula is C19H28N6. The minimum atomic E-state index is 0.719. The minimum absolute atomic E-state index is 0.719. The molecule has 25 heavy (non-hydrogen) atoms. The third kappa shape index (κ3) is 4.38. The van der Waals surface area contributed by atoms with E-state index in [1.165, 1.54) is 18.5 Å². The molecule has 1 N–H and O–H groups in total. The number of rotatable bonds is 6. The first-order chi connectivity index (χ1) is 12.2. The lowest BCUT2D eigenvalue weighted by Gasteiger charge is -2.29. The Balaban J connectivity index is 1.67. The third-order valence-electron chi connectivity index (χ3n) is 4.88. The van der Waals surface area contributed by atoms with E-state index in [1.807, 2.05) is 0 Å². The summed E-state index contributed by atoms with van der Waals surface area (Å²) in [5.74, 6) is 2.24. The first-order valence-corrected chi connectivity index (χ1v) is 9.26. The van der Waals surface area contributed by atoms with Gasteiger partial charge in [-0.2, -0.15) is 10.1 Å². The maximum absolute atomic E-state index is 4.64. The average molecular weight is 340 g/mol. The van der Waals surface area contributed by atoms with Crippen molar-refractivity contribution in [2.75, 3.05) is 41.3 Å². The second kappa shape index (κ2) is 8.14. The lowest BCUT2D eigenvalue weighted by atomic mass is 10.00. The van der Waals surface area contributed by atoms with Crippen molar-refractivity contribution in [3.63, 3.8) is 0 Å². The van der Waals surface area contributed by atoms with E-state index >= 15 is 0 Å². The summed E-state index contributed by atoms with van der Waals surface area (Å²) in [6.45, 7) is 10.7. The zero-order chi connectivity index (χ0) is 17.6. The number of piperidine rings is 1. The fourth-order valence-corrected chi connectivity index (χ4v) is 3.19. The molecule has 1 aromatic carbocycles. The summed E-state index contributed by atoms with van der Waals surface area (Å²) in [4.78, 5) is 9.19. The molecule has 1 aliphatic heterocycles. The summed E-state index contributed by atoms with van der Waals surface area (Å²) in [6.07, 6.45) is 4.05. The third-order valence-corrected chi connectivity index (χ3v) is 4.88. The quantitative estimate of drug-likeness (QED) is 0.865. The van der Waals surface area contributed by atoms with Crippen molar-refractivity contribution in [1.29, 1.82) is 0 Å². The molecule has 0 aliphatic carbocycles. The van der Waals surface area contributed by atoms with Gasteiger partial charge in [0.05, 0.1) is 6.20 Å². The lowest BCUT2D eigenvalue weighted by molar-refractivity contribution is 0.433. The van der Waals surface area contributed by atoms with Gasteiger partial charge in [0, 0.05) is 37.6 Å². The highest BCUT2D eigenvalue weighted by atomic mass is 15.3. The largest absolute Gasteiger partial charge is 0.372 e. The molecule has 134 valence electrons. The first-order valence-electron chi connectivity index (χ1n) is 9.26. The molecule has 1 aliphatic rings. The summed E-state index contributed by atoms with van der Waals surface area (Å²) in [6, 6.07) is 8.43. The zero-order valence-corrected chi connectivity index (χ0v) is 15.4. The number of nitrogens with zero attached hydrogens (tertiary/aromatic N) is 5. The Morgan fingerprint density at radius 1 is 1.12 bits per heavy atom. The minimum Gasteiger partial charge on any atom is -0.372 e. The maximum atomic E-state index is 4.64. The van der Waals surface area contributed by atoms with Gasteiger partial charge in [0.25, 0.3) is 0 Å². The summed E-state index contributed by atoms with van der Waals surface area (Å²) < 4.78 is 0. The smallest absolute Gasteiger partial charge is 0.247 e. The summed E-state index contributed by atoms with van der Waals surface area (Å²) in [5.41, 5.74) is 2.24. The molecule has 0 amide bonds. The number of anilines is 4. The molecule has 0 bridgehead atoms. The monoisotopic (exact) mass is 340 g/mol. The number of hydrogen-bond acceptors (Lipinski definition) is 6. The molecule has 1 saturated heterocycles. The van der Waals surface area contributed by atoms with Crippen LogP contribution in [-0.2, 0) is 0 Å². The molecule has 0 radical (unpaired) electrons. The summed E-state index contributed by atoms with van der Waals surface area (Å²) in [5, 5.41) is 11.7. The fourth-order valence-electron chi connectivity index (χ4n) is 3.19. The second-order valence-corrected chi connectivity index (χ2v) is 6.66. The van der Waals surface area contributed by atoms with Gasteiger partial charge in [0.15, 0.2) is 5.82 Å². The van der Waals surface area contributed by atoms with Crippen molar-refractivity contribution in [3.8, 4) is 0 Å². The Bertz CT molecular complexity index is 660. The topological polar surface area (TPSA) is 57.2 Å². The van der Waals surface area contributed by atoms with Crippen LogP contribution in [0.2, 0.25) is 0 Å². The van der Waals surface area contributed by atoms with Crippen molar-refractivity contribution in [2.45, 2.75) is 33.6 Å². The Kier molecular flexibility index (Phi) is 5.68. The van der Waals surface area contributed by atoms with Crippen LogP contribution in [0.1, 0.15) is 33.6 Å². The Labute approximate surface area is 150 Å². The molecule has 0 atom stereocenters. The number of nitrogens with one attached hydrogen (secondary N) is 1. The van der Waals surface area contributed by atoms with Gasteiger partial charge < -0.3 is 15.1 Å². The van der Waals surface area contributed by atoms with E-state index in [0.717, 1.165) is 49.6 Å². The van der Waals surface area contributed by atoms with Crippen LogP contribution in [0.4, 0.5) is 23.1 Å². The van der Waals surface area contributed by atoms with E-state index < -0.39 is 0 Å².